The predicted molar refractivity (Wildman–Crippen MR) is 75.8 cm³/mol. The van der Waals surface area contributed by atoms with Crippen LogP contribution in [0.1, 0.15) is 40.5 Å². The van der Waals surface area contributed by atoms with Crippen LogP contribution in [0.15, 0.2) is 0 Å². The minimum absolute atomic E-state index is 0.312. The molecular formula is C15H30N2O. The van der Waals surface area contributed by atoms with Crippen LogP contribution in [0.3, 0.4) is 0 Å². The Balaban J connectivity index is 1.94. The second-order valence-electron chi connectivity index (χ2n) is 6.74. The van der Waals surface area contributed by atoms with Gasteiger partial charge in [0.25, 0.3) is 0 Å². The molecule has 3 heteroatoms. The van der Waals surface area contributed by atoms with Gasteiger partial charge in [0.2, 0.25) is 0 Å². The molecule has 4 unspecified atom stereocenters. The van der Waals surface area contributed by atoms with Gasteiger partial charge in [-0.25, -0.2) is 0 Å². The fraction of sp³-hybridized carbons (Fsp3) is 1.00. The summed E-state index contributed by atoms with van der Waals surface area (Å²) < 4.78 is 5.58. The molecule has 3 nitrogen and oxygen atoms in total. The molecule has 106 valence electrons. The Morgan fingerprint density at radius 3 is 2.72 bits per heavy atom. The van der Waals surface area contributed by atoms with Crippen LogP contribution >= 0.6 is 0 Å². The van der Waals surface area contributed by atoms with Gasteiger partial charge in [0.1, 0.15) is 0 Å². The van der Waals surface area contributed by atoms with E-state index in [4.69, 9.17) is 4.74 Å². The van der Waals surface area contributed by atoms with E-state index in [0.717, 1.165) is 12.5 Å². The first kappa shape index (κ1) is 14.3. The highest BCUT2D eigenvalue weighted by Gasteiger charge is 2.51. The second kappa shape index (κ2) is 5.48. The molecule has 0 aromatic heterocycles. The minimum atomic E-state index is 0.312. The molecule has 1 saturated carbocycles. The summed E-state index contributed by atoms with van der Waals surface area (Å²) in [6.07, 6.45) is 2.91. The Hall–Kier alpha value is -0.120. The third-order valence-electron chi connectivity index (χ3n) is 5.42. The predicted octanol–water partition coefficient (Wildman–Crippen LogP) is 2.12. The summed E-state index contributed by atoms with van der Waals surface area (Å²) in [5.41, 5.74) is 0.312. The van der Waals surface area contributed by atoms with Crippen molar-refractivity contribution >= 4 is 0 Å². The molecule has 1 heterocycles. The fourth-order valence-electron chi connectivity index (χ4n) is 3.63. The summed E-state index contributed by atoms with van der Waals surface area (Å²) in [6.45, 7) is 12.9. The largest absolute Gasteiger partial charge is 0.381 e. The molecule has 1 saturated heterocycles. The van der Waals surface area contributed by atoms with Crippen LogP contribution in [-0.2, 0) is 4.74 Å². The van der Waals surface area contributed by atoms with Gasteiger partial charge in [0.05, 0.1) is 6.10 Å². The van der Waals surface area contributed by atoms with Gasteiger partial charge in [0.15, 0.2) is 0 Å². The van der Waals surface area contributed by atoms with Crippen molar-refractivity contribution in [2.75, 3.05) is 26.7 Å². The monoisotopic (exact) mass is 254 g/mol. The van der Waals surface area contributed by atoms with Crippen LogP contribution < -0.4 is 5.32 Å². The molecule has 0 aromatic rings. The number of piperazine rings is 1. The molecule has 0 radical (unpaired) electrons. The topological polar surface area (TPSA) is 24.5 Å². The second-order valence-corrected chi connectivity index (χ2v) is 6.74. The van der Waals surface area contributed by atoms with Crippen LogP contribution in [0.2, 0.25) is 0 Å². The van der Waals surface area contributed by atoms with Crippen molar-refractivity contribution in [3.8, 4) is 0 Å². The highest BCUT2D eigenvalue weighted by Crippen LogP contribution is 2.45. The zero-order valence-corrected chi connectivity index (χ0v) is 12.7. The average Bonchev–Trinajstić information content (AvgIpc) is 2.37. The van der Waals surface area contributed by atoms with Crippen LogP contribution in [0, 0.1) is 11.3 Å². The number of ether oxygens (including phenoxy) is 1. The zero-order valence-electron chi connectivity index (χ0n) is 12.7. The van der Waals surface area contributed by atoms with Gasteiger partial charge in [-0.1, -0.05) is 34.1 Å². The van der Waals surface area contributed by atoms with Gasteiger partial charge in [-0.15, -0.1) is 0 Å². The first-order valence-electron chi connectivity index (χ1n) is 7.50. The highest BCUT2D eigenvalue weighted by molar-refractivity contribution is 5.05. The SMILES string of the molecule is CCC(C)C1CN(C2CC(OC)C2(C)C)CCN1. The van der Waals surface area contributed by atoms with Crippen LogP contribution in [0.25, 0.3) is 0 Å². The molecule has 2 fully saturated rings. The molecule has 0 aromatic carbocycles. The maximum atomic E-state index is 5.58. The van der Waals surface area contributed by atoms with E-state index in [0.29, 0.717) is 23.6 Å². The van der Waals surface area contributed by atoms with Gasteiger partial charge in [-0.3, -0.25) is 4.90 Å². The number of hydrogen-bond acceptors (Lipinski definition) is 3. The lowest BCUT2D eigenvalue weighted by Crippen LogP contribution is -2.66. The van der Waals surface area contributed by atoms with Gasteiger partial charge < -0.3 is 10.1 Å². The molecule has 0 bridgehead atoms. The Morgan fingerprint density at radius 1 is 1.44 bits per heavy atom. The Bertz CT molecular complexity index is 280. The maximum Gasteiger partial charge on any atom is 0.0652 e. The molecule has 4 atom stereocenters. The molecule has 18 heavy (non-hydrogen) atoms. The van der Waals surface area contributed by atoms with E-state index in [9.17, 15) is 0 Å². The molecule has 2 aliphatic rings. The van der Waals surface area contributed by atoms with Crippen molar-refractivity contribution in [1.82, 2.24) is 10.2 Å². The molecule has 1 aliphatic heterocycles. The first-order chi connectivity index (χ1) is 8.50. The van der Waals surface area contributed by atoms with Crippen LogP contribution in [0.5, 0.6) is 0 Å². The van der Waals surface area contributed by atoms with Crippen LogP contribution in [-0.4, -0.2) is 49.8 Å². The molecule has 1 aliphatic carbocycles. The number of methoxy groups -OCH3 is 1. The Kier molecular flexibility index (Phi) is 4.35. The smallest absolute Gasteiger partial charge is 0.0652 e. The summed E-state index contributed by atoms with van der Waals surface area (Å²) in [6, 6.07) is 1.37. The van der Waals surface area contributed by atoms with Gasteiger partial charge in [0, 0.05) is 44.2 Å². The number of nitrogens with zero attached hydrogens (tertiary/aromatic N) is 1. The van der Waals surface area contributed by atoms with Crippen molar-refractivity contribution < 1.29 is 4.74 Å². The lowest BCUT2D eigenvalue weighted by Gasteiger charge is -2.57. The third kappa shape index (κ3) is 2.45. The molecular weight excluding hydrogens is 224 g/mol. The van der Waals surface area contributed by atoms with Crippen molar-refractivity contribution in [2.45, 2.75) is 58.7 Å². The van der Waals surface area contributed by atoms with Crippen molar-refractivity contribution in [2.24, 2.45) is 11.3 Å². The van der Waals surface area contributed by atoms with E-state index in [1.54, 1.807) is 0 Å². The molecule has 0 amide bonds. The van der Waals surface area contributed by atoms with E-state index in [1.807, 2.05) is 7.11 Å². The average molecular weight is 254 g/mol. The Morgan fingerprint density at radius 2 is 2.17 bits per heavy atom. The van der Waals surface area contributed by atoms with E-state index in [2.05, 4.69) is 37.9 Å². The van der Waals surface area contributed by atoms with Gasteiger partial charge in [-0.2, -0.15) is 0 Å². The number of hydrogen-bond donors (Lipinski definition) is 1. The number of nitrogens with one attached hydrogen (secondary N) is 1. The minimum Gasteiger partial charge on any atom is -0.381 e. The standard InChI is InChI=1S/C15H30N2O/c1-6-11(2)12-10-17(8-7-16-12)13-9-14(18-5)15(13,3)4/h11-14,16H,6-10H2,1-5H3. The first-order valence-corrected chi connectivity index (χ1v) is 7.50. The lowest BCUT2D eigenvalue weighted by molar-refractivity contribution is -0.143. The summed E-state index contributed by atoms with van der Waals surface area (Å²) in [4.78, 5) is 2.70. The summed E-state index contributed by atoms with van der Waals surface area (Å²) >= 11 is 0. The highest BCUT2D eigenvalue weighted by atomic mass is 16.5. The van der Waals surface area contributed by atoms with Gasteiger partial charge in [-0.05, 0) is 12.3 Å². The number of rotatable bonds is 4. The lowest BCUT2D eigenvalue weighted by atomic mass is 9.63. The van der Waals surface area contributed by atoms with Gasteiger partial charge >= 0.3 is 0 Å². The molecule has 1 N–H and O–H groups in total. The zero-order chi connectivity index (χ0) is 13.3. The summed E-state index contributed by atoms with van der Waals surface area (Å²) in [7, 11) is 1.85. The fourth-order valence-corrected chi connectivity index (χ4v) is 3.63. The maximum absolute atomic E-state index is 5.58. The van der Waals surface area contributed by atoms with Crippen molar-refractivity contribution in [3.63, 3.8) is 0 Å². The van der Waals surface area contributed by atoms with E-state index in [1.165, 1.54) is 25.9 Å². The van der Waals surface area contributed by atoms with Crippen molar-refractivity contribution in [3.05, 3.63) is 0 Å². The van der Waals surface area contributed by atoms with Crippen LogP contribution in [0.4, 0.5) is 0 Å². The molecule has 2 rings (SSSR count). The third-order valence-corrected chi connectivity index (χ3v) is 5.42. The van der Waals surface area contributed by atoms with Crippen molar-refractivity contribution in [1.29, 1.82) is 0 Å². The quantitative estimate of drug-likeness (QED) is 0.832. The Labute approximate surface area is 112 Å². The van der Waals surface area contributed by atoms with E-state index in [-0.39, 0.29) is 0 Å². The van der Waals surface area contributed by atoms with E-state index < -0.39 is 0 Å². The van der Waals surface area contributed by atoms with E-state index >= 15 is 0 Å². The molecule has 0 spiro atoms. The summed E-state index contributed by atoms with van der Waals surface area (Å²) in [5, 5.41) is 3.68. The normalized spacial score (nSPS) is 38.2. The summed E-state index contributed by atoms with van der Waals surface area (Å²) in [5.74, 6) is 0.772.